The van der Waals surface area contributed by atoms with Crippen LogP contribution in [0.15, 0.2) is 29.2 Å². The maximum atomic E-state index is 12.1. The van der Waals surface area contributed by atoms with E-state index in [-0.39, 0.29) is 12.4 Å². The SMILES string of the molecule is Cc1ccc(S(=O)(=O)NCC2CCCNC2)cc1.Cl. The van der Waals surface area contributed by atoms with Crippen LogP contribution in [0.4, 0.5) is 0 Å². The number of rotatable bonds is 4. The summed E-state index contributed by atoms with van der Waals surface area (Å²) in [7, 11) is -3.35. The summed E-state index contributed by atoms with van der Waals surface area (Å²) >= 11 is 0. The van der Waals surface area contributed by atoms with E-state index in [0.29, 0.717) is 17.4 Å². The zero-order valence-corrected chi connectivity index (χ0v) is 12.7. The van der Waals surface area contributed by atoms with Crippen molar-refractivity contribution in [3.8, 4) is 0 Å². The van der Waals surface area contributed by atoms with Gasteiger partial charge in [0, 0.05) is 6.54 Å². The third-order valence-corrected chi connectivity index (χ3v) is 4.73. The topological polar surface area (TPSA) is 58.2 Å². The van der Waals surface area contributed by atoms with E-state index in [0.717, 1.165) is 31.5 Å². The molecule has 1 aliphatic rings. The lowest BCUT2D eigenvalue weighted by Gasteiger charge is -2.22. The first-order valence-corrected chi connectivity index (χ1v) is 7.83. The van der Waals surface area contributed by atoms with Gasteiger partial charge in [0.2, 0.25) is 10.0 Å². The molecule has 0 spiro atoms. The Bertz CT molecular complexity index is 482. The van der Waals surface area contributed by atoms with Gasteiger partial charge in [0.05, 0.1) is 4.90 Å². The van der Waals surface area contributed by atoms with Crippen LogP contribution >= 0.6 is 12.4 Å². The monoisotopic (exact) mass is 304 g/mol. The molecular formula is C13H21ClN2O2S. The number of sulfonamides is 1. The smallest absolute Gasteiger partial charge is 0.240 e. The van der Waals surface area contributed by atoms with Crippen molar-refractivity contribution in [1.82, 2.24) is 10.0 Å². The molecule has 1 fully saturated rings. The van der Waals surface area contributed by atoms with Gasteiger partial charge in [0.15, 0.2) is 0 Å². The lowest BCUT2D eigenvalue weighted by molar-refractivity contribution is 0.376. The standard InChI is InChI=1S/C13H20N2O2S.ClH/c1-11-4-6-13(7-5-11)18(16,17)15-10-12-3-2-8-14-9-12;/h4-7,12,14-15H,2-3,8-10H2,1H3;1H. The van der Waals surface area contributed by atoms with Gasteiger partial charge >= 0.3 is 0 Å². The minimum Gasteiger partial charge on any atom is -0.316 e. The number of piperidine rings is 1. The summed E-state index contributed by atoms with van der Waals surface area (Å²) in [5, 5.41) is 3.28. The van der Waals surface area contributed by atoms with Gasteiger partial charge in [0.25, 0.3) is 0 Å². The highest BCUT2D eigenvalue weighted by Crippen LogP contribution is 2.12. The normalized spacial score (nSPS) is 19.7. The van der Waals surface area contributed by atoms with Gasteiger partial charge in [-0.25, -0.2) is 13.1 Å². The maximum absolute atomic E-state index is 12.1. The summed E-state index contributed by atoms with van der Waals surface area (Å²) in [5.41, 5.74) is 1.06. The van der Waals surface area contributed by atoms with Gasteiger partial charge in [-0.15, -0.1) is 12.4 Å². The molecule has 108 valence electrons. The van der Waals surface area contributed by atoms with Crippen LogP contribution in [0.25, 0.3) is 0 Å². The number of hydrogen-bond donors (Lipinski definition) is 2. The summed E-state index contributed by atoms with van der Waals surface area (Å²) < 4.78 is 26.8. The molecule has 0 radical (unpaired) electrons. The minimum absolute atomic E-state index is 0. The van der Waals surface area contributed by atoms with Crippen molar-refractivity contribution in [1.29, 1.82) is 0 Å². The second-order valence-corrected chi connectivity index (χ2v) is 6.64. The van der Waals surface area contributed by atoms with E-state index in [9.17, 15) is 8.42 Å². The van der Waals surface area contributed by atoms with Crippen molar-refractivity contribution >= 4 is 22.4 Å². The van der Waals surface area contributed by atoms with E-state index in [1.54, 1.807) is 12.1 Å². The van der Waals surface area contributed by atoms with Crippen LogP contribution in [-0.2, 0) is 10.0 Å². The molecule has 1 heterocycles. The van der Waals surface area contributed by atoms with E-state index in [2.05, 4.69) is 10.0 Å². The highest BCUT2D eigenvalue weighted by molar-refractivity contribution is 7.89. The Hall–Kier alpha value is -0.620. The molecule has 1 atom stereocenters. The van der Waals surface area contributed by atoms with Crippen molar-refractivity contribution in [2.45, 2.75) is 24.7 Å². The van der Waals surface area contributed by atoms with Gasteiger partial charge in [0.1, 0.15) is 0 Å². The van der Waals surface area contributed by atoms with Crippen LogP contribution in [-0.4, -0.2) is 28.1 Å². The molecule has 0 amide bonds. The lowest BCUT2D eigenvalue weighted by atomic mass is 10.0. The zero-order valence-electron chi connectivity index (χ0n) is 11.1. The molecule has 1 aliphatic heterocycles. The third kappa shape index (κ3) is 4.76. The average molecular weight is 305 g/mol. The Morgan fingerprint density at radius 3 is 2.58 bits per heavy atom. The van der Waals surface area contributed by atoms with Gasteiger partial charge in [-0.05, 0) is 50.9 Å². The van der Waals surface area contributed by atoms with Crippen LogP contribution in [0, 0.1) is 12.8 Å². The van der Waals surface area contributed by atoms with Crippen LogP contribution < -0.4 is 10.0 Å². The molecule has 0 bridgehead atoms. The molecular weight excluding hydrogens is 284 g/mol. The van der Waals surface area contributed by atoms with Crippen LogP contribution in [0.1, 0.15) is 18.4 Å². The Morgan fingerprint density at radius 2 is 2.00 bits per heavy atom. The molecule has 0 aliphatic carbocycles. The summed E-state index contributed by atoms with van der Waals surface area (Å²) in [6.45, 7) is 4.40. The summed E-state index contributed by atoms with van der Waals surface area (Å²) in [6.07, 6.45) is 2.21. The Balaban J connectivity index is 0.00000180. The fourth-order valence-electron chi connectivity index (χ4n) is 2.13. The molecule has 1 aromatic carbocycles. The van der Waals surface area contributed by atoms with Crippen LogP contribution in [0.5, 0.6) is 0 Å². The minimum atomic E-state index is -3.35. The number of halogens is 1. The van der Waals surface area contributed by atoms with E-state index in [1.165, 1.54) is 0 Å². The van der Waals surface area contributed by atoms with Crippen molar-refractivity contribution < 1.29 is 8.42 Å². The molecule has 4 nitrogen and oxygen atoms in total. The van der Waals surface area contributed by atoms with Gasteiger partial charge in [-0.2, -0.15) is 0 Å². The van der Waals surface area contributed by atoms with Crippen molar-refractivity contribution in [2.24, 2.45) is 5.92 Å². The maximum Gasteiger partial charge on any atom is 0.240 e. The second kappa shape index (κ2) is 7.24. The molecule has 2 N–H and O–H groups in total. The number of nitrogens with one attached hydrogen (secondary N) is 2. The largest absolute Gasteiger partial charge is 0.316 e. The van der Waals surface area contributed by atoms with Crippen LogP contribution in [0.3, 0.4) is 0 Å². The summed E-state index contributed by atoms with van der Waals surface area (Å²) in [5.74, 6) is 0.402. The molecule has 1 unspecified atom stereocenters. The molecule has 1 aromatic rings. The van der Waals surface area contributed by atoms with Crippen molar-refractivity contribution in [3.05, 3.63) is 29.8 Å². The predicted octanol–water partition coefficient (Wildman–Crippen LogP) is 1.69. The fraction of sp³-hybridized carbons (Fsp3) is 0.538. The predicted molar refractivity (Wildman–Crippen MR) is 79.2 cm³/mol. The average Bonchev–Trinajstić information content (AvgIpc) is 2.38. The molecule has 0 saturated carbocycles. The fourth-order valence-corrected chi connectivity index (χ4v) is 3.24. The Labute approximate surface area is 121 Å². The highest BCUT2D eigenvalue weighted by atomic mass is 35.5. The van der Waals surface area contributed by atoms with Gasteiger partial charge in [-0.1, -0.05) is 17.7 Å². The first kappa shape index (κ1) is 16.4. The van der Waals surface area contributed by atoms with Gasteiger partial charge in [-0.3, -0.25) is 0 Å². The summed E-state index contributed by atoms with van der Waals surface area (Å²) in [4.78, 5) is 0.344. The van der Waals surface area contributed by atoms with Gasteiger partial charge < -0.3 is 5.32 Å². The molecule has 6 heteroatoms. The number of benzene rings is 1. The Morgan fingerprint density at radius 1 is 1.32 bits per heavy atom. The first-order chi connectivity index (χ1) is 8.58. The van der Waals surface area contributed by atoms with E-state index >= 15 is 0 Å². The zero-order chi connectivity index (χ0) is 13.0. The molecule has 0 aromatic heterocycles. The molecule has 19 heavy (non-hydrogen) atoms. The van der Waals surface area contributed by atoms with E-state index in [4.69, 9.17) is 0 Å². The third-order valence-electron chi connectivity index (χ3n) is 3.29. The summed E-state index contributed by atoms with van der Waals surface area (Å²) in [6, 6.07) is 6.93. The van der Waals surface area contributed by atoms with E-state index < -0.39 is 10.0 Å². The molecule has 2 rings (SSSR count). The quantitative estimate of drug-likeness (QED) is 0.890. The Kier molecular flexibility index (Phi) is 6.26. The highest BCUT2D eigenvalue weighted by Gasteiger charge is 2.18. The van der Waals surface area contributed by atoms with Crippen molar-refractivity contribution in [3.63, 3.8) is 0 Å². The lowest BCUT2D eigenvalue weighted by Crippen LogP contribution is -2.38. The number of aryl methyl sites for hydroxylation is 1. The van der Waals surface area contributed by atoms with Crippen molar-refractivity contribution in [2.75, 3.05) is 19.6 Å². The van der Waals surface area contributed by atoms with Crippen LogP contribution in [0.2, 0.25) is 0 Å². The second-order valence-electron chi connectivity index (χ2n) is 4.88. The van der Waals surface area contributed by atoms with E-state index in [1.807, 2.05) is 19.1 Å². The number of hydrogen-bond acceptors (Lipinski definition) is 3. The molecule has 1 saturated heterocycles. The first-order valence-electron chi connectivity index (χ1n) is 6.35.